The molecule has 0 aliphatic carbocycles. The Morgan fingerprint density at radius 2 is 1.27 bits per heavy atom. The van der Waals surface area contributed by atoms with E-state index in [1.54, 1.807) is 24.3 Å². The van der Waals surface area contributed by atoms with Gasteiger partial charge in [0.1, 0.15) is 5.75 Å². The molecular weight excluding hydrogens is 324 g/mol. The second kappa shape index (κ2) is 14.6. The van der Waals surface area contributed by atoms with Crippen LogP contribution in [0.4, 0.5) is 0 Å². The average Bonchev–Trinajstić information content (AvgIpc) is 2.62. The van der Waals surface area contributed by atoms with E-state index in [1.807, 2.05) is 0 Å². The van der Waals surface area contributed by atoms with Gasteiger partial charge in [-0.1, -0.05) is 84.5 Å². The molecule has 0 saturated heterocycles. The summed E-state index contributed by atoms with van der Waals surface area (Å²) in [7, 11) is 0. The maximum absolute atomic E-state index is 10.8. The lowest BCUT2D eigenvalue weighted by molar-refractivity contribution is 0.0697. The second-order valence-corrected chi connectivity index (χ2v) is 7.75. The summed E-state index contributed by atoms with van der Waals surface area (Å²) >= 11 is 0. The number of carboxylic acid groups (broad SMARTS) is 1. The molecule has 0 unspecified atom stereocenters. The number of unbranched alkanes of at least 4 members (excludes halogenated alkanes) is 10. The Balaban J connectivity index is 1.84. The molecule has 3 nitrogen and oxygen atoms in total. The summed E-state index contributed by atoms with van der Waals surface area (Å²) in [5.74, 6) is 0.712. The molecule has 0 bridgehead atoms. The summed E-state index contributed by atoms with van der Waals surface area (Å²) in [6.07, 6.45) is 16.1. The molecule has 0 saturated carbocycles. The number of hydrogen-bond acceptors (Lipinski definition) is 2. The molecular formula is C23H38O3. The highest BCUT2D eigenvalue weighted by molar-refractivity contribution is 5.87. The summed E-state index contributed by atoms with van der Waals surface area (Å²) in [4.78, 5) is 10.8. The molecule has 0 radical (unpaired) electrons. The van der Waals surface area contributed by atoms with Crippen molar-refractivity contribution in [2.45, 2.75) is 90.9 Å². The minimum absolute atomic E-state index is 0.299. The van der Waals surface area contributed by atoms with Crippen LogP contribution in [0.5, 0.6) is 5.75 Å². The molecule has 0 aliphatic rings. The van der Waals surface area contributed by atoms with Gasteiger partial charge in [0, 0.05) is 0 Å². The highest BCUT2D eigenvalue weighted by Crippen LogP contribution is 2.15. The van der Waals surface area contributed by atoms with Crippen molar-refractivity contribution < 1.29 is 14.6 Å². The first-order valence-corrected chi connectivity index (χ1v) is 10.6. The van der Waals surface area contributed by atoms with E-state index >= 15 is 0 Å². The van der Waals surface area contributed by atoms with E-state index < -0.39 is 5.97 Å². The van der Waals surface area contributed by atoms with Gasteiger partial charge in [0.05, 0.1) is 12.2 Å². The Bertz CT molecular complexity index is 465. The van der Waals surface area contributed by atoms with Crippen molar-refractivity contribution in [3.8, 4) is 5.75 Å². The van der Waals surface area contributed by atoms with Gasteiger partial charge < -0.3 is 9.84 Å². The van der Waals surface area contributed by atoms with Crippen molar-refractivity contribution >= 4 is 5.97 Å². The third kappa shape index (κ3) is 11.9. The van der Waals surface area contributed by atoms with Crippen LogP contribution in [0, 0.1) is 5.92 Å². The number of ether oxygens (including phenoxy) is 1. The van der Waals surface area contributed by atoms with Gasteiger partial charge in [-0.2, -0.15) is 0 Å². The molecule has 1 aromatic carbocycles. The number of aromatic carboxylic acids is 1. The average molecular weight is 363 g/mol. The van der Waals surface area contributed by atoms with Crippen molar-refractivity contribution in [1.29, 1.82) is 0 Å². The van der Waals surface area contributed by atoms with Crippen molar-refractivity contribution in [2.75, 3.05) is 6.61 Å². The number of hydrogen-bond donors (Lipinski definition) is 1. The number of benzene rings is 1. The molecule has 148 valence electrons. The maximum Gasteiger partial charge on any atom is 0.335 e. The Kier molecular flexibility index (Phi) is 12.7. The van der Waals surface area contributed by atoms with Gasteiger partial charge in [0.2, 0.25) is 0 Å². The molecule has 26 heavy (non-hydrogen) atoms. The Morgan fingerprint density at radius 3 is 1.73 bits per heavy atom. The lowest BCUT2D eigenvalue weighted by Crippen LogP contribution is -1.99. The second-order valence-electron chi connectivity index (χ2n) is 7.75. The van der Waals surface area contributed by atoms with E-state index in [9.17, 15) is 4.79 Å². The molecule has 1 N–H and O–H groups in total. The number of carbonyl (C=O) groups is 1. The standard InChI is InChI=1S/C23H38O3/c1-20(2)14-12-10-8-6-4-3-5-7-9-11-13-19-26-22-17-15-21(16-18-22)23(24)25/h15-18,20H,3-14,19H2,1-2H3,(H,24,25). The first-order chi connectivity index (χ1) is 12.6. The van der Waals surface area contributed by atoms with Gasteiger partial charge in [-0.3, -0.25) is 0 Å². The fourth-order valence-electron chi connectivity index (χ4n) is 3.13. The molecule has 0 aliphatic heterocycles. The minimum Gasteiger partial charge on any atom is -0.494 e. The van der Waals surface area contributed by atoms with Gasteiger partial charge in [0.15, 0.2) is 0 Å². The predicted octanol–water partition coefficient (Wildman–Crippen LogP) is 7.10. The van der Waals surface area contributed by atoms with E-state index in [-0.39, 0.29) is 0 Å². The molecule has 0 fully saturated rings. The molecule has 0 spiro atoms. The van der Waals surface area contributed by atoms with Crippen molar-refractivity contribution in [3.05, 3.63) is 29.8 Å². The van der Waals surface area contributed by atoms with E-state index in [0.717, 1.165) is 18.1 Å². The van der Waals surface area contributed by atoms with Crippen molar-refractivity contribution in [2.24, 2.45) is 5.92 Å². The Hall–Kier alpha value is -1.51. The lowest BCUT2D eigenvalue weighted by atomic mass is 10.0. The number of rotatable bonds is 16. The van der Waals surface area contributed by atoms with Crippen LogP contribution in [0.2, 0.25) is 0 Å². The number of carboxylic acids is 1. The van der Waals surface area contributed by atoms with Gasteiger partial charge in [0.25, 0.3) is 0 Å². The van der Waals surface area contributed by atoms with E-state index in [2.05, 4.69) is 13.8 Å². The van der Waals surface area contributed by atoms with Gasteiger partial charge in [-0.15, -0.1) is 0 Å². The summed E-state index contributed by atoms with van der Waals surface area (Å²) in [6.45, 7) is 5.33. The van der Waals surface area contributed by atoms with Crippen molar-refractivity contribution in [3.63, 3.8) is 0 Å². The highest BCUT2D eigenvalue weighted by Gasteiger charge is 2.02. The molecule has 0 amide bonds. The maximum atomic E-state index is 10.8. The zero-order valence-electron chi connectivity index (χ0n) is 16.8. The van der Waals surface area contributed by atoms with E-state index in [1.165, 1.54) is 70.6 Å². The fourth-order valence-corrected chi connectivity index (χ4v) is 3.13. The van der Waals surface area contributed by atoms with Crippen LogP contribution < -0.4 is 4.74 Å². The first kappa shape index (κ1) is 22.5. The smallest absolute Gasteiger partial charge is 0.335 e. The zero-order valence-corrected chi connectivity index (χ0v) is 16.8. The molecule has 0 atom stereocenters. The third-order valence-electron chi connectivity index (χ3n) is 4.80. The van der Waals surface area contributed by atoms with Crippen LogP contribution in [0.3, 0.4) is 0 Å². The monoisotopic (exact) mass is 362 g/mol. The van der Waals surface area contributed by atoms with Gasteiger partial charge in [-0.05, 0) is 36.6 Å². The van der Waals surface area contributed by atoms with Crippen LogP contribution in [0.1, 0.15) is 101 Å². The third-order valence-corrected chi connectivity index (χ3v) is 4.80. The van der Waals surface area contributed by atoms with Crippen LogP contribution in [-0.2, 0) is 0 Å². The molecule has 3 heteroatoms. The van der Waals surface area contributed by atoms with Crippen LogP contribution in [0.25, 0.3) is 0 Å². The summed E-state index contributed by atoms with van der Waals surface area (Å²) in [6, 6.07) is 6.63. The van der Waals surface area contributed by atoms with Crippen LogP contribution in [0.15, 0.2) is 24.3 Å². The largest absolute Gasteiger partial charge is 0.494 e. The zero-order chi connectivity index (χ0) is 19.0. The summed E-state index contributed by atoms with van der Waals surface area (Å²) in [5.41, 5.74) is 0.299. The van der Waals surface area contributed by atoms with Gasteiger partial charge >= 0.3 is 5.97 Å². The van der Waals surface area contributed by atoms with Crippen LogP contribution >= 0.6 is 0 Å². The van der Waals surface area contributed by atoms with Crippen molar-refractivity contribution in [1.82, 2.24) is 0 Å². The van der Waals surface area contributed by atoms with Gasteiger partial charge in [-0.25, -0.2) is 4.79 Å². The predicted molar refractivity (Wildman–Crippen MR) is 109 cm³/mol. The lowest BCUT2D eigenvalue weighted by Gasteiger charge is -2.06. The minimum atomic E-state index is -0.900. The SMILES string of the molecule is CC(C)CCCCCCCCCCCCCOc1ccc(C(=O)O)cc1. The molecule has 0 aromatic heterocycles. The summed E-state index contributed by atoms with van der Waals surface area (Å²) < 4.78 is 5.65. The molecule has 0 heterocycles. The quantitative estimate of drug-likeness (QED) is 0.319. The summed E-state index contributed by atoms with van der Waals surface area (Å²) in [5, 5.41) is 8.85. The molecule has 1 aromatic rings. The Labute approximate surface area is 160 Å². The van der Waals surface area contributed by atoms with E-state index in [0.29, 0.717) is 12.2 Å². The van der Waals surface area contributed by atoms with Crippen LogP contribution in [-0.4, -0.2) is 17.7 Å². The first-order valence-electron chi connectivity index (χ1n) is 10.6. The molecule has 1 rings (SSSR count). The Morgan fingerprint density at radius 1 is 0.808 bits per heavy atom. The normalized spacial score (nSPS) is 11.0. The van der Waals surface area contributed by atoms with E-state index in [4.69, 9.17) is 9.84 Å². The fraction of sp³-hybridized carbons (Fsp3) is 0.696. The highest BCUT2D eigenvalue weighted by atomic mass is 16.5. The topological polar surface area (TPSA) is 46.5 Å².